The van der Waals surface area contributed by atoms with E-state index in [1.165, 1.54) is 6.20 Å². The Morgan fingerprint density at radius 3 is 2.71 bits per heavy atom. The van der Waals surface area contributed by atoms with E-state index in [2.05, 4.69) is 4.98 Å². The SMILES string of the molecule is CCOC(=O)CCc1cnc(C(=O)O)c(C)c1. The number of carbonyl (C=O) groups is 2. The average Bonchev–Trinajstić information content (AvgIpc) is 2.26. The van der Waals surface area contributed by atoms with E-state index >= 15 is 0 Å². The van der Waals surface area contributed by atoms with E-state index in [0.29, 0.717) is 18.6 Å². The van der Waals surface area contributed by atoms with Gasteiger partial charge >= 0.3 is 11.9 Å². The normalized spacial score (nSPS) is 10.0. The summed E-state index contributed by atoms with van der Waals surface area (Å²) in [6, 6.07) is 1.73. The molecule has 0 bridgehead atoms. The Kier molecular flexibility index (Phi) is 4.63. The number of rotatable bonds is 5. The average molecular weight is 237 g/mol. The molecule has 0 aliphatic heterocycles. The van der Waals surface area contributed by atoms with E-state index in [4.69, 9.17) is 9.84 Å². The number of hydrogen-bond donors (Lipinski definition) is 1. The predicted octanol–water partition coefficient (Wildman–Crippen LogP) is 1.58. The summed E-state index contributed by atoms with van der Waals surface area (Å²) in [5, 5.41) is 8.81. The predicted molar refractivity (Wildman–Crippen MR) is 60.9 cm³/mol. The van der Waals surface area contributed by atoms with E-state index in [9.17, 15) is 9.59 Å². The first kappa shape index (κ1) is 13.2. The number of ether oxygens (including phenoxy) is 1. The van der Waals surface area contributed by atoms with Gasteiger partial charge in [-0.05, 0) is 31.4 Å². The molecular weight excluding hydrogens is 222 g/mol. The van der Waals surface area contributed by atoms with Gasteiger partial charge in [-0.1, -0.05) is 6.07 Å². The van der Waals surface area contributed by atoms with Gasteiger partial charge < -0.3 is 9.84 Å². The lowest BCUT2D eigenvalue weighted by Gasteiger charge is -2.04. The molecule has 0 aromatic carbocycles. The van der Waals surface area contributed by atoms with E-state index in [0.717, 1.165) is 5.56 Å². The lowest BCUT2D eigenvalue weighted by atomic mass is 10.1. The molecule has 0 radical (unpaired) electrons. The summed E-state index contributed by atoms with van der Waals surface area (Å²) >= 11 is 0. The fourth-order valence-corrected chi connectivity index (χ4v) is 1.47. The smallest absolute Gasteiger partial charge is 0.354 e. The number of aromatic nitrogens is 1. The summed E-state index contributed by atoms with van der Waals surface area (Å²) in [5.41, 5.74) is 1.48. The van der Waals surface area contributed by atoms with Crippen molar-refractivity contribution in [3.63, 3.8) is 0 Å². The van der Waals surface area contributed by atoms with Crippen molar-refractivity contribution in [2.75, 3.05) is 6.61 Å². The van der Waals surface area contributed by atoms with Gasteiger partial charge in [-0.3, -0.25) is 4.79 Å². The summed E-state index contributed by atoms with van der Waals surface area (Å²) in [6.07, 6.45) is 2.27. The van der Waals surface area contributed by atoms with E-state index in [-0.39, 0.29) is 18.1 Å². The molecule has 17 heavy (non-hydrogen) atoms. The quantitative estimate of drug-likeness (QED) is 0.787. The third-order valence-electron chi connectivity index (χ3n) is 2.26. The topological polar surface area (TPSA) is 76.5 Å². The summed E-state index contributed by atoms with van der Waals surface area (Å²) in [7, 11) is 0. The fraction of sp³-hybridized carbons (Fsp3) is 0.417. The first-order valence-electron chi connectivity index (χ1n) is 5.39. The molecule has 0 amide bonds. The van der Waals surface area contributed by atoms with Gasteiger partial charge in [-0.2, -0.15) is 0 Å². The molecule has 5 nitrogen and oxygen atoms in total. The molecule has 0 fully saturated rings. The van der Waals surface area contributed by atoms with Gasteiger partial charge in [0.15, 0.2) is 5.69 Å². The van der Waals surface area contributed by atoms with Gasteiger partial charge in [0, 0.05) is 12.6 Å². The molecule has 0 aliphatic carbocycles. The molecule has 1 N–H and O–H groups in total. The molecule has 0 aliphatic rings. The minimum absolute atomic E-state index is 0.0462. The number of hydrogen-bond acceptors (Lipinski definition) is 4. The summed E-state index contributed by atoms with van der Waals surface area (Å²) in [4.78, 5) is 25.7. The third-order valence-corrected chi connectivity index (χ3v) is 2.26. The van der Waals surface area contributed by atoms with Gasteiger partial charge in [0.25, 0.3) is 0 Å². The Morgan fingerprint density at radius 2 is 2.18 bits per heavy atom. The molecular formula is C12H15NO4. The Morgan fingerprint density at radius 1 is 1.47 bits per heavy atom. The van der Waals surface area contributed by atoms with Crippen LogP contribution in [0.5, 0.6) is 0 Å². The molecule has 0 saturated heterocycles. The minimum atomic E-state index is -1.04. The Balaban J connectivity index is 2.65. The summed E-state index contributed by atoms with van der Waals surface area (Å²) < 4.78 is 4.80. The van der Waals surface area contributed by atoms with Crippen LogP contribution in [0.3, 0.4) is 0 Å². The molecule has 0 spiro atoms. The van der Waals surface area contributed by atoms with Crippen LogP contribution in [0.4, 0.5) is 0 Å². The molecule has 1 aromatic heterocycles. The number of carboxylic acid groups (broad SMARTS) is 1. The fourth-order valence-electron chi connectivity index (χ4n) is 1.47. The molecule has 0 unspecified atom stereocenters. The lowest BCUT2D eigenvalue weighted by Crippen LogP contribution is -2.07. The highest BCUT2D eigenvalue weighted by molar-refractivity contribution is 5.86. The number of carboxylic acids is 1. The highest BCUT2D eigenvalue weighted by Crippen LogP contribution is 2.10. The van der Waals surface area contributed by atoms with Crippen LogP contribution in [0, 0.1) is 6.92 Å². The van der Waals surface area contributed by atoms with Crippen LogP contribution < -0.4 is 0 Å². The number of carbonyl (C=O) groups excluding carboxylic acids is 1. The Bertz CT molecular complexity index is 429. The van der Waals surface area contributed by atoms with Crippen LogP contribution in [0.25, 0.3) is 0 Å². The van der Waals surface area contributed by atoms with Crippen LogP contribution >= 0.6 is 0 Å². The zero-order chi connectivity index (χ0) is 12.8. The number of esters is 1. The van der Waals surface area contributed by atoms with Crippen molar-refractivity contribution in [2.24, 2.45) is 0 Å². The van der Waals surface area contributed by atoms with E-state index in [1.807, 2.05) is 0 Å². The monoisotopic (exact) mass is 237 g/mol. The summed E-state index contributed by atoms with van der Waals surface area (Å²) in [6.45, 7) is 3.81. The van der Waals surface area contributed by atoms with Crippen LogP contribution in [0.15, 0.2) is 12.3 Å². The van der Waals surface area contributed by atoms with Crippen LogP contribution in [0.2, 0.25) is 0 Å². The van der Waals surface area contributed by atoms with E-state index < -0.39 is 5.97 Å². The Labute approximate surface area is 99.4 Å². The van der Waals surface area contributed by atoms with Crippen molar-refractivity contribution in [3.05, 3.63) is 29.1 Å². The maximum atomic E-state index is 11.1. The summed E-state index contributed by atoms with van der Waals surface area (Å²) in [5.74, 6) is -1.30. The minimum Gasteiger partial charge on any atom is -0.477 e. The number of aryl methyl sites for hydroxylation is 2. The van der Waals surface area contributed by atoms with Crippen molar-refractivity contribution in [1.82, 2.24) is 4.98 Å². The Hall–Kier alpha value is -1.91. The molecule has 1 aromatic rings. The molecule has 1 heterocycles. The first-order valence-corrected chi connectivity index (χ1v) is 5.39. The van der Waals surface area contributed by atoms with E-state index in [1.54, 1.807) is 19.9 Å². The highest BCUT2D eigenvalue weighted by atomic mass is 16.5. The maximum Gasteiger partial charge on any atom is 0.354 e. The largest absolute Gasteiger partial charge is 0.477 e. The highest BCUT2D eigenvalue weighted by Gasteiger charge is 2.10. The molecule has 5 heteroatoms. The second-order valence-electron chi connectivity index (χ2n) is 3.62. The van der Waals surface area contributed by atoms with Gasteiger partial charge in [-0.15, -0.1) is 0 Å². The van der Waals surface area contributed by atoms with Crippen molar-refractivity contribution in [2.45, 2.75) is 26.7 Å². The van der Waals surface area contributed by atoms with Crippen LogP contribution in [-0.4, -0.2) is 28.6 Å². The van der Waals surface area contributed by atoms with Gasteiger partial charge in [-0.25, -0.2) is 9.78 Å². The molecule has 1 rings (SSSR count). The van der Waals surface area contributed by atoms with Crippen LogP contribution in [-0.2, 0) is 16.0 Å². The molecule has 92 valence electrons. The van der Waals surface area contributed by atoms with Crippen molar-refractivity contribution in [1.29, 1.82) is 0 Å². The number of pyridine rings is 1. The van der Waals surface area contributed by atoms with Crippen LogP contribution in [0.1, 0.15) is 35.0 Å². The number of nitrogens with zero attached hydrogens (tertiary/aromatic N) is 1. The second-order valence-corrected chi connectivity index (χ2v) is 3.62. The zero-order valence-corrected chi connectivity index (χ0v) is 9.90. The van der Waals surface area contributed by atoms with Crippen molar-refractivity contribution >= 4 is 11.9 Å². The zero-order valence-electron chi connectivity index (χ0n) is 9.90. The first-order chi connectivity index (χ1) is 8.04. The lowest BCUT2D eigenvalue weighted by molar-refractivity contribution is -0.143. The van der Waals surface area contributed by atoms with Crippen molar-refractivity contribution in [3.8, 4) is 0 Å². The standard InChI is InChI=1S/C12H15NO4/c1-3-17-10(14)5-4-9-6-8(2)11(12(15)16)13-7-9/h6-7H,3-5H2,1-2H3,(H,15,16). The molecule has 0 saturated carbocycles. The molecule has 0 atom stereocenters. The number of aromatic carboxylic acids is 1. The third kappa shape index (κ3) is 3.86. The van der Waals surface area contributed by atoms with Crippen molar-refractivity contribution < 1.29 is 19.4 Å². The second kappa shape index (κ2) is 5.98. The maximum absolute atomic E-state index is 11.1. The van der Waals surface area contributed by atoms with Gasteiger partial charge in [0.05, 0.1) is 6.61 Å². The van der Waals surface area contributed by atoms with Gasteiger partial charge in [0.1, 0.15) is 0 Å². The van der Waals surface area contributed by atoms with Gasteiger partial charge in [0.2, 0.25) is 0 Å².